The van der Waals surface area contributed by atoms with Crippen molar-refractivity contribution in [2.24, 2.45) is 0 Å². The van der Waals surface area contributed by atoms with Crippen molar-refractivity contribution in [3.05, 3.63) is 47.7 Å². The lowest BCUT2D eigenvalue weighted by Gasteiger charge is -2.30. The minimum atomic E-state index is -3.57. The van der Waals surface area contributed by atoms with Gasteiger partial charge in [-0.15, -0.1) is 0 Å². The zero-order valence-corrected chi connectivity index (χ0v) is 20.2. The third kappa shape index (κ3) is 5.87. The minimum absolute atomic E-state index is 0.0570. The Bertz CT molecular complexity index is 1020. The molecule has 0 saturated heterocycles. The molecule has 8 heteroatoms. The lowest BCUT2D eigenvalue weighted by Crippen LogP contribution is -2.38. The maximum atomic E-state index is 13.0. The molecule has 6 nitrogen and oxygen atoms in total. The monoisotopic (exact) mass is 461 g/mol. The zero-order valence-electron chi connectivity index (χ0n) is 18.6. The lowest BCUT2D eigenvalue weighted by molar-refractivity contribution is -0.115. The van der Waals surface area contributed by atoms with E-state index in [0.29, 0.717) is 5.03 Å². The van der Waals surface area contributed by atoms with Gasteiger partial charge >= 0.3 is 0 Å². The smallest absolute Gasteiger partial charge is 0.244 e. The Morgan fingerprint density at radius 1 is 1.16 bits per heavy atom. The quantitative estimate of drug-likeness (QED) is 0.601. The zero-order chi connectivity index (χ0) is 22.6. The van der Waals surface area contributed by atoms with Crippen LogP contribution in [-0.2, 0) is 14.8 Å². The number of hydrogen-bond acceptors (Lipinski definition) is 5. The molecule has 3 rings (SSSR count). The second-order valence-corrected chi connectivity index (χ2v) is 11.6. The van der Waals surface area contributed by atoms with E-state index in [1.807, 2.05) is 39.0 Å². The molecule has 1 N–H and O–H groups in total. The second kappa shape index (κ2) is 10.1. The van der Waals surface area contributed by atoms with Gasteiger partial charge in [0.15, 0.2) is 0 Å². The van der Waals surface area contributed by atoms with Crippen LogP contribution in [0.5, 0.6) is 0 Å². The molecule has 0 bridgehead atoms. The number of benzene rings is 1. The van der Waals surface area contributed by atoms with E-state index in [-0.39, 0.29) is 22.1 Å². The highest BCUT2D eigenvalue weighted by Crippen LogP contribution is 2.28. The number of rotatable bonds is 7. The van der Waals surface area contributed by atoms with Gasteiger partial charge < -0.3 is 5.32 Å². The Morgan fingerprint density at radius 2 is 1.87 bits per heavy atom. The van der Waals surface area contributed by atoms with E-state index in [1.54, 1.807) is 19.2 Å². The van der Waals surface area contributed by atoms with Crippen molar-refractivity contribution in [2.75, 3.05) is 12.4 Å². The fourth-order valence-corrected chi connectivity index (χ4v) is 5.89. The van der Waals surface area contributed by atoms with E-state index >= 15 is 0 Å². The Kier molecular flexibility index (Phi) is 7.78. The fraction of sp³-hybridized carbons (Fsp3) is 0.478. The molecule has 1 aliphatic rings. The van der Waals surface area contributed by atoms with Crippen LogP contribution in [0.2, 0.25) is 0 Å². The van der Waals surface area contributed by atoms with Gasteiger partial charge in [-0.25, -0.2) is 13.4 Å². The first-order chi connectivity index (χ1) is 14.7. The molecule has 1 unspecified atom stereocenters. The van der Waals surface area contributed by atoms with Crippen LogP contribution in [-0.4, -0.2) is 42.0 Å². The Labute approximate surface area is 189 Å². The molecule has 168 valence electrons. The van der Waals surface area contributed by atoms with Gasteiger partial charge in [0.2, 0.25) is 15.9 Å². The minimum Gasteiger partial charge on any atom is -0.325 e. The molecule has 31 heavy (non-hydrogen) atoms. The number of anilines is 1. The predicted octanol–water partition coefficient (Wildman–Crippen LogP) is 4.77. The highest BCUT2D eigenvalue weighted by Gasteiger charge is 2.29. The lowest BCUT2D eigenvalue weighted by atomic mass is 9.96. The Balaban J connectivity index is 1.64. The van der Waals surface area contributed by atoms with Gasteiger partial charge in [-0.3, -0.25) is 4.79 Å². The first-order valence-electron chi connectivity index (χ1n) is 10.7. The van der Waals surface area contributed by atoms with Gasteiger partial charge in [0.1, 0.15) is 4.90 Å². The maximum absolute atomic E-state index is 13.0. The molecule has 1 aromatic heterocycles. The third-order valence-corrected chi connectivity index (χ3v) is 8.74. The van der Waals surface area contributed by atoms with Crippen LogP contribution in [0.4, 0.5) is 5.69 Å². The normalized spacial score (nSPS) is 16.3. The van der Waals surface area contributed by atoms with Crippen molar-refractivity contribution in [1.82, 2.24) is 9.29 Å². The molecule has 0 spiro atoms. The molecule has 1 aromatic carbocycles. The number of amides is 1. The van der Waals surface area contributed by atoms with Gasteiger partial charge in [-0.2, -0.15) is 4.31 Å². The molecule has 1 saturated carbocycles. The molecule has 1 amide bonds. The van der Waals surface area contributed by atoms with E-state index in [2.05, 4.69) is 10.3 Å². The predicted molar refractivity (Wildman–Crippen MR) is 126 cm³/mol. The van der Waals surface area contributed by atoms with Crippen LogP contribution in [0.25, 0.3) is 0 Å². The summed E-state index contributed by atoms with van der Waals surface area (Å²) in [5.74, 6) is -0.116. The Hall–Kier alpha value is -1.90. The largest absolute Gasteiger partial charge is 0.325 e. The van der Waals surface area contributed by atoms with Crippen molar-refractivity contribution in [1.29, 1.82) is 0 Å². The first-order valence-corrected chi connectivity index (χ1v) is 13.0. The van der Waals surface area contributed by atoms with Crippen LogP contribution in [0.3, 0.4) is 0 Å². The summed E-state index contributed by atoms with van der Waals surface area (Å²) in [5, 5.41) is 3.21. The van der Waals surface area contributed by atoms with Crippen molar-refractivity contribution in [3.8, 4) is 0 Å². The van der Waals surface area contributed by atoms with Crippen molar-refractivity contribution in [3.63, 3.8) is 0 Å². The van der Waals surface area contributed by atoms with Gasteiger partial charge in [-0.05, 0) is 62.9 Å². The van der Waals surface area contributed by atoms with Crippen LogP contribution >= 0.6 is 11.8 Å². The summed E-state index contributed by atoms with van der Waals surface area (Å²) in [6, 6.07) is 9.25. The summed E-state index contributed by atoms with van der Waals surface area (Å²) in [7, 11) is -1.91. The number of carbonyl (C=O) groups is 1. The Morgan fingerprint density at radius 3 is 2.52 bits per heavy atom. The van der Waals surface area contributed by atoms with E-state index in [9.17, 15) is 13.2 Å². The van der Waals surface area contributed by atoms with Gasteiger partial charge in [0.25, 0.3) is 0 Å². The summed E-state index contributed by atoms with van der Waals surface area (Å²) < 4.78 is 27.4. The van der Waals surface area contributed by atoms with Crippen LogP contribution in [0.15, 0.2) is 46.5 Å². The van der Waals surface area contributed by atoms with Gasteiger partial charge in [-0.1, -0.05) is 43.2 Å². The van der Waals surface area contributed by atoms with E-state index in [0.717, 1.165) is 42.5 Å². The first kappa shape index (κ1) is 23.8. The number of aryl methyl sites for hydroxylation is 2. The molecule has 1 fully saturated rings. The van der Waals surface area contributed by atoms with E-state index in [4.69, 9.17) is 0 Å². The molecular formula is C23H31N3O3S2. The number of sulfonamides is 1. The summed E-state index contributed by atoms with van der Waals surface area (Å²) in [4.78, 5) is 17.1. The number of aromatic nitrogens is 1. The molecule has 0 aliphatic heterocycles. The molecule has 0 radical (unpaired) electrons. The molecule has 1 aliphatic carbocycles. The topological polar surface area (TPSA) is 79.4 Å². The fourth-order valence-electron chi connectivity index (χ4n) is 3.74. The molecular weight excluding hydrogens is 430 g/mol. The average Bonchev–Trinajstić information content (AvgIpc) is 2.76. The standard InChI is InChI=1S/C23H31N3O3S2/c1-16-10-11-17(2)21(14-16)25-23(27)18(3)30-22-13-12-20(15-24-22)31(28,29)26(4)19-8-6-5-7-9-19/h10-15,18-19H,5-9H2,1-4H3,(H,25,27). The van der Waals surface area contributed by atoms with Crippen LogP contribution in [0.1, 0.15) is 50.2 Å². The SMILES string of the molecule is Cc1ccc(C)c(NC(=O)C(C)Sc2ccc(S(=O)(=O)N(C)C3CCCCC3)cn2)c1. The van der Waals surface area contributed by atoms with Crippen molar-refractivity contribution >= 4 is 33.4 Å². The van der Waals surface area contributed by atoms with Crippen LogP contribution in [0, 0.1) is 13.8 Å². The summed E-state index contributed by atoms with van der Waals surface area (Å²) in [5.41, 5.74) is 2.89. The highest BCUT2D eigenvalue weighted by atomic mass is 32.2. The summed E-state index contributed by atoms with van der Waals surface area (Å²) >= 11 is 1.31. The van der Waals surface area contributed by atoms with E-state index in [1.165, 1.54) is 28.7 Å². The number of nitrogens with zero attached hydrogens (tertiary/aromatic N) is 2. The highest BCUT2D eigenvalue weighted by molar-refractivity contribution is 8.00. The average molecular weight is 462 g/mol. The van der Waals surface area contributed by atoms with Crippen molar-refractivity contribution < 1.29 is 13.2 Å². The second-order valence-electron chi connectivity index (χ2n) is 8.21. The molecule has 2 aromatic rings. The summed E-state index contributed by atoms with van der Waals surface area (Å²) in [6.07, 6.45) is 6.52. The summed E-state index contributed by atoms with van der Waals surface area (Å²) in [6.45, 7) is 5.75. The number of thioether (sulfide) groups is 1. The van der Waals surface area contributed by atoms with Crippen molar-refractivity contribution in [2.45, 2.75) is 74.1 Å². The maximum Gasteiger partial charge on any atom is 0.244 e. The van der Waals surface area contributed by atoms with Gasteiger partial charge in [0.05, 0.1) is 10.3 Å². The molecule has 1 atom stereocenters. The molecule has 1 heterocycles. The number of carbonyl (C=O) groups excluding carboxylic acids is 1. The third-order valence-electron chi connectivity index (χ3n) is 5.79. The number of nitrogens with one attached hydrogen (secondary N) is 1. The van der Waals surface area contributed by atoms with Crippen LogP contribution < -0.4 is 5.32 Å². The van der Waals surface area contributed by atoms with Gasteiger partial charge in [0, 0.05) is 25.0 Å². The number of pyridine rings is 1. The van der Waals surface area contributed by atoms with E-state index < -0.39 is 10.0 Å². The number of hydrogen-bond donors (Lipinski definition) is 1.